The van der Waals surface area contributed by atoms with Gasteiger partial charge in [0.15, 0.2) is 0 Å². The van der Waals surface area contributed by atoms with Crippen molar-refractivity contribution >= 4 is 13.7 Å². The molecule has 0 fully saturated rings. The summed E-state index contributed by atoms with van der Waals surface area (Å²) in [7, 11) is 1.55. The maximum absolute atomic E-state index is 12.8. The number of unbranched alkanes of at least 4 members (excludes halogenated alkanes) is 19. The number of hydrogen-bond acceptors (Lipinski definition) is 5. The number of quaternary nitrogens is 1. The Morgan fingerprint density at radius 2 is 1.10 bits per heavy atom. The third-order valence-corrected chi connectivity index (χ3v) is 9.82. The van der Waals surface area contributed by atoms with Crippen LogP contribution in [-0.2, 0) is 18.4 Å². The number of nitrogens with zero attached hydrogens (tertiary/aromatic N) is 1. The maximum atomic E-state index is 12.8. The second kappa shape index (κ2) is 33.5. The van der Waals surface area contributed by atoms with Gasteiger partial charge in [0.25, 0.3) is 0 Å². The van der Waals surface area contributed by atoms with E-state index < -0.39 is 20.0 Å². The minimum absolute atomic E-state index is 0.0553. The number of allylic oxidation sites excluding steroid dienone is 5. The zero-order valence-corrected chi connectivity index (χ0v) is 34.0. The number of nitrogens with one attached hydrogen (secondary N) is 1. The van der Waals surface area contributed by atoms with Gasteiger partial charge in [0.1, 0.15) is 13.2 Å². The number of aliphatic hydroxyl groups excluding tert-OH is 1. The van der Waals surface area contributed by atoms with E-state index in [0.717, 1.165) is 38.5 Å². The Bertz CT molecular complexity index is 917. The Labute approximate surface area is 308 Å². The van der Waals surface area contributed by atoms with Crippen LogP contribution in [0, 0.1) is 0 Å². The van der Waals surface area contributed by atoms with Crippen LogP contribution in [0.2, 0.25) is 0 Å². The summed E-state index contributed by atoms with van der Waals surface area (Å²) in [6.07, 6.45) is 39.4. The molecule has 0 saturated carbocycles. The molecule has 0 aromatic rings. The van der Waals surface area contributed by atoms with Gasteiger partial charge in [-0.3, -0.25) is 13.8 Å². The van der Waals surface area contributed by atoms with Gasteiger partial charge in [0.2, 0.25) is 5.91 Å². The van der Waals surface area contributed by atoms with E-state index in [-0.39, 0.29) is 19.1 Å². The van der Waals surface area contributed by atoms with Gasteiger partial charge in [-0.05, 0) is 57.8 Å². The van der Waals surface area contributed by atoms with E-state index in [1.807, 2.05) is 27.2 Å². The standard InChI is InChI=1S/C41H79N2O6P/c1-6-8-10-12-14-16-17-18-19-20-21-22-23-24-25-27-29-31-33-35-41(45)42-39(38-49-50(46,47)48-37-36-43(3,4)5)40(44)34-32-30-28-26-15-13-11-9-7-2/h15,18-19,26,32,34,39-40,44H,6-14,16-17,20-25,27-31,33,35-38H2,1-5H3,(H-,42,45,46,47)/p+1/b19-18-,26-15+,34-32+. The quantitative estimate of drug-likeness (QED) is 0.0257. The van der Waals surface area contributed by atoms with Gasteiger partial charge in [-0.2, -0.15) is 0 Å². The molecule has 0 saturated heterocycles. The third kappa shape index (κ3) is 35.1. The smallest absolute Gasteiger partial charge is 0.387 e. The molecular weight excluding hydrogens is 647 g/mol. The van der Waals surface area contributed by atoms with Crippen molar-refractivity contribution < 1.29 is 32.9 Å². The van der Waals surface area contributed by atoms with Crippen molar-refractivity contribution in [1.29, 1.82) is 0 Å². The number of rotatable bonds is 36. The van der Waals surface area contributed by atoms with E-state index in [1.54, 1.807) is 6.08 Å². The van der Waals surface area contributed by atoms with Crippen molar-refractivity contribution in [3.05, 3.63) is 36.5 Å². The molecule has 0 rings (SSSR count). The second-order valence-corrected chi connectivity index (χ2v) is 16.5. The van der Waals surface area contributed by atoms with E-state index in [2.05, 4.69) is 43.5 Å². The maximum Gasteiger partial charge on any atom is 0.472 e. The van der Waals surface area contributed by atoms with Crippen LogP contribution in [0.3, 0.4) is 0 Å². The van der Waals surface area contributed by atoms with Crippen molar-refractivity contribution in [3.8, 4) is 0 Å². The SMILES string of the molecule is CCCCC/C=C/CC/C=C/C(O)C(COP(=O)(O)OCC[N+](C)(C)C)NC(=O)CCCCCCCCCCC/C=C\CCCCCCCC. The number of amides is 1. The number of phosphoric ester groups is 1. The molecule has 0 bridgehead atoms. The van der Waals surface area contributed by atoms with Gasteiger partial charge >= 0.3 is 7.82 Å². The van der Waals surface area contributed by atoms with Gasteiger partial charge < -0.3 is 19.8 Å². The van der Waals surface area contributed by atoms with Gasteiger partial charge in [0.05, 0.1) is 39.9 Å². The van der Waals surface area contributed by atoms with Crippen molar-refractivity contribution in [1.82, 2.24) is 5.32 Å². The highest BCUT2D eigenvalue weighted by Gasteiger charge is 2.27. The molecule has 0 aliphatic rings. The summed E-state index contributed by atoms with van der Waals surface area (Å²) in [6.45, 7) is 4.72. The molecule has 0 aromatic carbocycles. The molecule has 1 amide bonds. The first-order valence-electron chi connectivity index (χ1n) is 20.4. The monoisotopic (exact) mass is 728 g/mol. The van der Waals surface area contributed by atoms with Crippen LogP contribution in [-0.4, -0.2) is 73.4 Å². The Kier molecular flexibility index (Phi) is 32.7. The molecule has 0 aliphatic heterocycles. The van der Waals surface area contributed by atoms with Gasteiger partial charge in [-0.15, -0.1) is 0 Å². The fourth-order valence-electron chi connectivity index (χ4n) is 5.52. The Morgan fingerprint density at radius 3 is 1.64 bits per heavy atom. The number of carbonyl (C=O) groups excluding carboxylic acids is 1. The first kappa shape index (κ1) is 48.7. The minimum atomic E-state index is -4.33. The van der Waals surface area contributed by atoms with E-state index in [9.17, 15) is 19.4 Å². The number of phosphoric acid groups is 1. The van der Waals surface area contributed by atoms with Gasteiger partial charge in [0, 0.05) is 6.42 Å². The van der Waals surface area contributed by atoms with E-state index in [0.29, 0.717) is 17.4 Å². The summed E-state index contributed by atoms with van der Waals surface area (Å²) in [4.78, 5) is 23.0. The van der Waals surface area contributed by atoms with Crippen molar-refractivity contribution in [2.75, 3.05) is 40.9 Å². The largest absolute Gasteiger partial charge is 0.472 e. The van der Waals surface area contributed by atoms with Crippen LogP contribution in [0.5, 0.6) is 0 Å². The van der Waals surface area contributed by atoms with E-state index >= 15 is 0 Å². The molecule has 8 nitrogen and oxygen atoms in total. The lowest BCUT2D eigenvalue weighted by molar-refractivity contribution is -0.870. The number of carbonyl (C=O) groups is 1. The van der Waals surface area contributed by atoms with Crippen molar-refractivity contribution in [2.24, 2.45) is 0 Å². The lowest BCUT2D eigenvalue weighted by atomic mass is 10.0. The van der Waals surface area contributed by atoms with Gasteiger partial charge in [-0.25, -0.2) is 4.57 Å². The summed E-state index contributed by atoms with van der Waals surface area (Å²) >= 11 is 0. The number of likely N-dealkylation sites (N-methyl/N-ethyl adjacent to an activating group) is 1. The zero-order chi connectivity index (χ0) is 37.2. The van der Waals surface area contributed by atoms with Crippen molar-refractivity contribution in [3.63, 3.8) is 0 Å². The average Bonchev–Trinajstić information content (AvgIpc) is 3.06. The molecule has 0 aromatic heterocycles. The lowest BCUT2D eigenvalue weighted by Crippen LogP contribution is -2.45. The summed E-state index contributed by atoms with van der Waals surface area (Å²) in [6, 6.07) is -0.860. The molecule has 0 aliphatic carbocycles. The molecule has 9 heteroatoms. The van der Waals surface area contributed by atoms with Crippen molar-refractivity contribution in [2.45, 2.75) is 180 Å². The van der Waals surface area contributed by atoms with Crippen LogP contribution in [0.15, 0.2) is 36.5 Å². The molecule has 50 heavy (non-hydrogen) atoms. The molecule has 3 atom stereocenters. The van der Waals surface area contributed by atoms with Crippen LogP contribution >= 0.6 is 7.82 Å². The average molecular weight is 728 g/mol. The molecule has 0 spiro atoms. The Hall–Kier alpha value is -1.28. The third-order valence-electron chi connectivity index (χ3n) is 8.83. The lowest BCUT2D eigenvalue weighted by Gasteiger charge is -2.25. The van der Waals surface area contributed by atoms with Crippen LogP contribution in [0.25, 0.3) is 0 Å². The highest BCUT2D eigenvalue weighted by Crippen LogP contribution is 2.43. The topological polar surface area (TPSA) is 105 Å². The van der Waals surface area contributed by atoms with Crippen LogP contribution < -0.4 is 5.32 Å². The van der Waals surface area contributed by atoms with E-state index in [1.165, 1.54) is 109 Å². The normalized spacial score (nSPS) is 14.9. The molecular formula is C41H80N2O6P+. The molecule has 0 radical (unpaired) electrons. The number of aliphatic hydroxyl groups is 1. The summed E-state index contributed by atoms with van der Waals surface area (Å²) < 4.78 is 23.4. The Morgan fingerprint density at radius 1 is 0.660 bits per heavy atom. The zero-order valence-electron chi connectivity index (χ0n) is 33.1. The minimum Gasteiger partial charge on any atom is -0.387 e. The molecule has 3 N–H and O–H groups in total. The molecule has 0 heterocycles. The molecule has 3 unspecified atom stereocenters. The predicted octanol–water partition coefficient (Wildman–Crippen LogP) is 10.7. The summed E-state index contributed by atoms with van der Waals surface area (Å²) in [5.41, 5.74) is 0. The van der Waals surface area contributed by atoms with Crippen LogP contribution in [0.4, 0.5) is 0 Å². The van der Waals surface area contributed by atoms with E-state index in [4.69, 9.17) is 9.05 Å². The fraction of sp³-hybridized carbons (Fsp3) is 0.829. The Balaban J connectivity index is 4.37. The molecule has 294 valence electrons. The highest BCUT2D eigenvalue weighted by molar-refractivity contribution is 7.47. The predicted molar refractivity (Wildman–Crippen MR) is 212 cm³/mol. The van der Waals surface area contributed by atoms with Crippen LogP contribution in [0.1, 0.15) is 168 Å². The second-order valence-electron chi connectivity index (χ2n) is 15.0. The fourth-order valence-corrected chi connectivity index (χ4v) is 6.26. The summed E-state index contributed by atoms with van der Waals surface area (Å²) in [5.74, 6) is -0.194. The summed E-state index contributed by atoms with van der Waals surface area (Å²) in [5, 5.41) is 13.7. The van der Waals surface area contributed by atoms with Gasteiger partial charge in [-0.1, -0.05) is 140 Å². The first-order valence-corrected chi connectivity index (χ1v) is 21.9. The number of hydrogen-bond donors (Lipinski definition) is 3. The highest BCUT2D eigenvalue weighted by atomic mass is 31.2. The first-order chi connectivity index (χ1) is 24.0.